The van der Waals surface area contributed by atoms with Crippen LogP contribution in [-0.4, -0.2) is 47.1 Å². The lowest BCUT2D eigenvalue weighted by Gasteiger charge is -2.33. The molecule has 4 rings (SSSR count). The van der Waals surface area contributed by atoms with E-state index in [4.69, 9.17) is 4.74 Å². The number of hydrogen-bond donors (Lipinski definition) is 1. The van der Waals surface area contributed by atoms with Gasteiger partial charge in [0.25, 0.3) is 5.88 Å². The lowest BCUT2D eigenvalue weighted by Crippen LogP contribution is -2.39. The Morgan fingerprint density at radius 2 is 2.13 bits per heavy atom. The van der Waals surface area contributed by atoms with E-state index < -0.39 is 17.7 Å². The highest BCUT2D eigenvalue weighted by atomic mass is 19.1. The molecule has 3 heterocycles. The summed E-state index contributed by atoms with van der Waals surface area (Å²) < 4.78 is 22.7. The van der Waals surface area contributed by atoms with Crippen LogP contribution in [0.25, 0.3) is 17.2 Å². The number of aromatic hydroxyl groups is 1. The summed E-state index contributed by atoms with van der Waals surface area (Å²) in [5, 5.41) is 18.5. The highest BCUT2D eigenvalue weighted by Crippen LogP contribution is 2.40. The Bertz CT molecular complexity index is 982. The maximum Gasteiger partial charge on any atom is 0.252 e. The Kier molecular flexibility index (Phi) is 5.61. The molecule has 0 bridgehead atoms. The molecule has 0 aliphatic heterocycles. The summed E-state index contributed by atoms with van der Waals surface area (Å²) in [6, 6.07) is 1.50. The summed E-state index contributed by atoms with van der Waals surface area (Å²) in [6.07, 6.45) is 10.3. The van der Waals surface area contributed by atoms with Gasteiger partial charge in [0, 0.05) is 30.1 Å². The van der Waals surface area contributed by atoms with Crippen LogP contribution in [0.2, 0.25) is 0 Å². The largest absolute Gasteiger partial charge is 0.507 e. The van der Waals surface area contributed by atoms with Crippen molar-refractivity contribution >= 4 is 0 Å². The normalized spacial score (nSPS) is 24.4. The first-order chi connectivity index (χ1) is 14.5. The van der Waals surface area contributed by atoms with Crippen molar-refractivity contribution in [2.24, 2.45) is 5.41 Å². The maximum atomic E-state index is 15.2. The van der Waals surface area contributed by atoms with Gasteiger partial charge in [-0.05, 0) is 25.7 Å². The first-order valence-electron chi connectivity index (χ1n) is 10.2. The third kappa shape index (κ3) is 3.96. The molecule has 3 atom stereocenters. The van der Waals surface area contributed by atoms with Gasteiger partial charge < -0.3 is 9.84 Å². The summed E-state index contributed by atoms with van der Waals surface area (Å²) in [7, 11) is 0. The lowest BCUT2D eigenvalue weighted by molar-refractivity contribution is 0.00996. The van der Waals surface area contributed by atoms with E-state index in [0.29, 0.717) is 17.8 Å². The van der Waals surface area contributed by atoms with Crippen molar-refractivity contribution in [3.05, 3.63) is 37.2 Å². The first-order valence-corrected chi connectivity index (χ1v) is 10.2. The van der Waals surface area contributed by atoms with E-state index in [-0.39, 0.29) is 17.5 Å². The van der Waals surface area contributed by atoms with E-state index in [1.807, 2.05) is 13.8 Å². The van der Waals surface area contributed by atoms with Crippen molar-refractivity contribution < 1.29 is 14.2 Å². The molecule has 0 saturated heterocycles. The van der Waals surface area contributed by atoms with E-state index in [2.05, 4.69) is 25.1 Å². The molecule has 0 unspecified atom stereocenters. The van der Waals surface area contributed by atoms with Gasteiger partial charge in [0.15, 0.2) is 5.82 Å². The summed E-state index contributed by atoms with van der Waals surface area (Å²) >= 11 is 0. The molecule has 8 nitrogen and oxygen atoms in total. The van der Waals surface area contributed by atoms with Gasteiger partial charge in [-0.1, -0.05) is 20.3 Å². The van der Waals surface area contributed by atoms with Gasteiger partial charge in [-0.15, -0.1) is 10.2 Å². The van der Waals surface area contributed by atoms with Crippen LogP contribution < -0.4 is 4.74 Å². The quantitative estimate of drug-likeness (QED) is 0.635. The number of imidazole rings is 1. The molecule has 158 valence electrons. The van der Waals surface area contributed by atoms with Crippen molar-refractivity contribution in [2.45, 2.75) is 58.2 Å². The smallest absolute Gasteiger partial charge is 0.252 e. The maximum absolute atomic E-state index is 15.2. The van der Waals surface area contributed by atoms with Gasteiger partial charge in [0.1, 0.15) is 30.2 Å². The third-order valence-electron chi connectivity index (χ3n) is 5.98. The van der Waals surface area contributed by atoms with E-state index >= 15 is 4.39 Å². The zero-order valence-corrected chi connectivity index (χ0v) is 17.1. The Morgan fingerprint density at radius 1 is 1.27 bits per heavy atom. The average molecular weight is 412 g/mol. The van der Waals surface area contributed by atoms with Crippen LogP contribution in [-0.2, 0) is 0 Å². The summed E-state index contributed by atoms with van der Waals surface area (Å²) in [6.45, 7) is 4.00. The van der Waals surface area contributed by atoms with Crippen molar-refractivity contribution in [1.29, 1.82) is 0 Å². The number of halogens is 1. The number of alkyl halides is 1. The van der Waals surface area contributed by atoms with E-state index in [1.165, 1.54) is 18.5 Å². The molecule has 3 aromatic heterocycles. The molecule has 30 heavy (non-hydrogen) atoms. The van der Waals surface area contributed by atoms with Gasteiger partial charge >= 0.3 is 0 Å². The number of hydrogen-bond acceptors (Lipinski definition) is 7. The second kappa shape index (κ2) is 8.33. The number of pyridine rings is 1. The average Bonchev–Trinajstić information content (AvgIpc) is 3.26. The zero-order chi connectivity index (χ0) is 21.1. The first kappa shape index (κ1) is 20.2. The molecular formula is C21H25FN6O2. The van der Waals surface area contributed by atoms with Crippen LogP contribution in [0.5, 0.6) is 11.6 Å². The Labute approximate surface area is 174 Å². The second-order valence-corrected chi connectivity index (χ2v) is 7.96. The molecule has 1 aliphatic carbocycles. The molecule has 1 saturated carbocycles. The monoisotopic (exact) mass is 412 g/mol. The minimum atomic E-state index is -1.07. The predicted octanol–water partition coefficient (Wildman–Crippen LogP) is 3.90. The van der Waals surface area contributed by atoms with Crippen molar-refractivity contribution in [1.82, 2.24) is 29.7 Å². The van der Waals surface area contributed by atoms with Crippen molar-refractivity contribution in [3.8, 4) is 28.8 Å². The molecule has 9 heteroatoms. The van der Waals surface area contributed by atoms with Crippen molar-refractivity contribution in [2.75, 3.05) is 0 Å². The number of aromatic nitrogens is 6. The molecule has 1 N–H and O–H groups in total. The standard InChI is InChI=1S/C21H25FN6O2/c1-3-21(2)7-5-4-6-16(19(21)22)30-18-12-25-20(27-26-18)14-11-24-17(10-15(14)29)28-9-8-23-13-28/h8-13,16,19H,3-7H2,1-2H3,(H,24,29)/t16-,19+,21+/m1/s1. The number of ether oxygens (including phenoxy) is 1. The van der Waals surface area contributed by atoms with Gasteiger partial charge in [0.2, 0.25) is 0 Å². The van der Waals surface area contributed by atoms with Gasteiger partial charge in [0.05, 0.1) is 11.8 Å². The Balaban J connectivity index is 1.50. The molecule has 0 spiro atoms. The van der Waals surface area contributed by atoms with E-state index in [9.17, 15) is 5.11 Å². The molecule has 0 radical (unpaired) electrons. The van der Waals surface area contributed by atoms with Crippen LogP contribution in [0.3, 0.4) is 0 Å². The fourth-order valence-corrected chi connectivity index (χ4v) is 3.84. The van der Waals surface area contributed by atoms with Crippen LogP contribution in [0.4, 0.5) is 4.39 Å². The number of rotatable bonds is 5. The molecule has 1 aliphatic rings. The predicted molar refractivity (Wildman–Crippen MR) is 108 cm³/mol. The lowest BCUT2D eigenvalue weighted by atomic mass is 9.78. The number of nitrogens with zero attached hydrogens (tertiary/aromatic N) is 6. The highest BCUT2D eigenvalue weighted by molar-refractivity contribution is 5.63. The summed E-state index contributed by atoms with van der Waals surface area (Å²) in [4.78, 5) is 12.5. The Hall–Kier alpha value is -3.10. The topological polar surface area (TPSA) is 98.8 Å². The molecule has 3 aromatic rings. The van der Waals surface area contributed by atoms with Crippen LogP contribution >= 0.6 is 0 Å². The molecular weight excluding hydrogens is 387 g/mol. The van der Waals surface area contributed by atoms with Gasteiger partial charge in [-0.25, -0.2) is 19.3 Å². The molecule has 0 aromatic carbocycles. The minimum absolute atomic E-state index is 0.0320. The van der Waals surface area contributed by atoms with Crippen LogP contribution in [0.1, 0.15) is 46.0 Å². The second-order valence-electron chi connectivity index (χ2n) is 7.96. The molecule has 0 amide bonds. The van der Waals surface area contributed by atoms with E-state index in [0.717, 1.165) is 25.7 Å². The van der Waals surface area contributed by atoms with E-state index in [1.54, 1.807) is 23.3 Å². The summed E-state index contributed by atoms with van der Waals surface area (Å²) in [5.41, 5.74) is -0.0505. The zero-order valence-electron chi connectivity index (χ0n) is 17.1. The molecule has 1 fully saturated rings. The van der Waals surface area contributed by atoms with Crippen LogP contribution in [0, 0.1) is 5.41 Å². The van der Waals surface area contributed by atoms with Crippen molar-refractivity contribution in [3.63, 3.8) is 0 Å². The summed E-state index contributed by atoms with van der Waals surface area (Å²) in [5.74, 6) is 0.869. The highest BCUT2D eigenvalue weighted by Gasteiger charge is 2.41. The Morgan fingerprint density at radius 3 is 2.80 bits per heavy atom. The fraction of sp³-hybridized carbons (Fsp3) is 0.476. The minimum Gasteiger partial charge on any atom is -0.507 e. The SMILES string of the molecule is CC[C@@]1(C)CCCC[C@@H](Oc2cnc(-c3cnc(-n4ccnc4)cc3O)nn2)[C@@H]1F. The third-order valence-corrected chi connectivity index (χ3v) is 5.98. The fourth-order valence-electron chi connectivity index (χ4n) is 3.84. The van der Waals surface area contributed by atoms with Gasteiger partial charge in [-0.3, -0.25) is 4.57 Å². The van der Waals surface area contributed by atoms with Crippen LogP contribution in [0.15, 0.2) is 37.2 Å². The van der Waals surface area contributed by atoms with Gasteiger partial charge in [-0.2, -0.15) is 0 Å².